The van der Waals surface area contributed by atoms with Gasteiger partial charge in [-0.1, -0.05) is 26.7 Å². The average Bonchev–Trinajstić information content (AvgIpc) is 3.02. The first-order chi connectivity index (χ1) is 10.2. The van der Waals surface area contributed by atoms with E-state index in [1.807, 2.05) is 6.20 Å². The third-order valence-corrected chi connectivity index (χ3v) is 3.70. The molecule has 2 rings (SSSR count). The fourth-order valence-corrected chi connectivity index (χ4v) is 2.35. The minimum atomic E-state index is 0.308. The van der Waals surface area contributed by atoms with Crippen LogP contribution in [0.4, 0.5) is 11.9 Å². The summed E-state index contributed by atoms with van der Waals surface area (Å²) in [4.78, 5) is 17.2. The lowest BCUT2D eigenvalue weighted by atomic mass is 9.96. The van der Waals surface area contributed by atoms with Gasteiger partial charge in [0.15, 0.2) is 0 Å². The summed E-state index contributed by atoms with van der Waals surface area (Å²) in [5.41, 5.74) is 0. The van der Waals surface area contributed by atoms with Gasteiger partial charge in [-0.3, -0.25) is 4.57 Å². The standard InChI is InChI=1S/C14H23N7/c1-5-11(6-2)10(3)17-13-18-12(15-4)19-14(20-13)21-8-7-16-9-21/h7-11H,5-6H2,1-4H3,(H2,15,17,18,19,20). The Morgan fingerprint density at radius 3 is 2.43 bits per heavy atom. The summed E-state index contributed by atoms with van der Waals surface area (Å²) in [6, 6.07) is 0.308. The molecule has 7 nitrogen and oxygen atoms in total. The van der Waals surface area contributed by atoms with E-state index in [0.717, 1.165) is 12.8 Å². The van der Waals surface area contributed by atoms with E-state index in [9.17, 15) is 0 Å². The van der Waals surface area contributed by atoms with E-state index < -0.39 is 0 Å². The fraction of sp³-hybridized carbons (Fsp3) is 0.571. The van der Waals surface area contributed by atoms with Crippen LogP contribution in [0.2, 0.25) is 0 Å². The van der Waals surface area contributed by atoms with Gasteiger partial charge in [-0.2, -0.15) is 15.0 Å². The van der Waals surface area contributed by atoms with Crippen LogP contribution in [0.1, 0.15) is 33.6 Å². The van der Waals surface area contributed by atoms with Crippen molar-refractivity contribution < 1.29 is 0 Å². The van der Waals surface area contributed by atoms with Gasteiger partial charge in [0.1, 0.15) is 6.33 Å². The van der Waals surface area contributed by atoms with Crippen LogP contribution in [0.5, 0.6) is 0 Å². The minimum Gasteiger partial charge on any atom is -0.357 e. The first kappa shape index (κ1) is 15.2. The topological polar surface area (TPSA) is 80.5 Å². The van der Waals surface area contributed by atoms with Gasteiger partial charge in [0, 0.05) is 25.5 Å². The van der Waals surface area contributed by atoms with Crippen molar-refractivity contribution in [2.75, 3.05) is 17.7 Å². The number of nitrogens with one attached hydrogen (secondary N) is 2. The molecule has 7 heteroatoms. The molecule has 2 aromatic heterocycles. The highest BCUT2D eigenvalue weighted by Gasteiger charge is 2.15. The number of hydrogen-bond donors (Lipinski definition) is 2. The maximum Gasteiger partial charge on any atom is 0.241 e. The Balaban J connectivity index is 2.25. The van der Waals surface area contributed by atoms with Crippen LogP contribution in [0.15, 0.2) is 18.7 Å². The molecule has 0 amide bonds. The zero-order valence-corrected chi connectivity index (χ0v) is 13.0. The van der Waals surface area contributed by atoms with Gasteiger partial charge < -0.3 is 10.6 Å². The largest absolute Gasteiger partial charge is 0.357 e. The molecular weight excluding hydrogens is 266 g/mol. The van der Waals surface area contributed by atoms with Crippen molar-refractivity contribution >= 4 is 11.9 Å². The van der Waals surface area contributed by atoms with Crippen molar-refractivity contribution in [2.24, 2.45) is 5.92 Å². The van der Waals surface area contributed by atoms with Crippen LogP contribution >= 0.6 is 0 Å². The molecule has 1 unspecified atom stereocenters. The molecule has 0 fully saturated rings. The van der Waals surface area contributed by atoms with E-state index in [1.165, 1.54) is 0 Å². The number of hydrogen-bond acceptors (Lipinski definition) is 6. The summed E-state index contributed by atoms with van der Waals surface area (Å²) < 4.78 is 1.76. The van der Waals surface area contributed by atoms with Crippen molar-refractivity contribution in [3.05, 3.63) is 18.7 Å². The maximum atomic E-state index is 4.46. The molecule has 0 saturated heterocycles. The molecule has 2 heterocycles. The first-order valence-electron chi connectivity index (χ1n) is 7.36. The van der Waals surface area contributed by atoms with Crippen LogP contribution in [-0.4, -0.2) is 37.6 Å². The Bertz CT molecular complexity index is 548. The summed E-state index contributed by atoms with van der Waals surface area (Å²) in [6.45, 7) is 6.57. The molecule has 0 aromatic carbocycles. The minimum absolute atomic E-state index is 0.308. The highest BCUT2D eigenvalue weighted by Crippen LogP contribution is 2.17. The maximum absolute atomic E-state index is 4.46. The Morgan fingerprint density at radius 1 is 1.14 bits per heavy atom. The second-order valence-corrected chi connectivity index (χ2v) is 5.01. The fourth-order valence-electron chi connectivity index (χ4n) is 2.35. The van der Waals surface area contributed by atoms with E-state index in [0.29, 0.717) is 29.8 Å². The predicted molar refractivity (Wildman–Crippen MR) is 83.7 cm³/mol. The number of imidazole rings is 1. The first-order valence-corrected chi connectivity index (χ1v) is 7.36. The van der Waals surface area contributed by atoms with Crippen LogP contribution in [-0.2, 0) is 0 Å². The Labute approximate surface area is 125 Å². The second kappa shape index (κ2) is 7.01. The number of aromatic nitrogens is 5. The van der Waals surface area contributed by atoms with Gasteiger partial charge >= 0.3 is 0 Å². The Hall–Kier alpha value is -2.18. The highest BCUT2D eigenvalue weighted by atomic mass is 15.3. The predicted octanol–water partition coefficient (Wildman–Crippen LogP) is 2.34. The van der Waals surface area contributed by atoms with Crippen molar-refractivity contribution in [2.45, 2.75) is 39.7 Å². The lowest BCUT2D eigenvalue weighted by molar-refractivity contribution is 0.436. The molecule has 0 radical (unpaired) electrons. The van der Waals surface area contributed by atoms with E-state index in [4.69, 9.17) is 0 Å². The molecule has 0 aliphatic rings. The van der Waals surface area contributed by atoms with Crippen LogP contribution in [0.25, 0.3) is 5.95 Å². The van der Waals surface area contributed by atoms with Gasteiger partial charge in [0.2, 0.25) is 17.8 Å². The highest BCUT2D eigenvalue weighted by molar-refractivity contribution is 5.38. The van der Waals surface area contributed by atoms with Gasteiger partial charge in [0.25, 0.3) is 0 Å². The summed E-state index contributed by atoms with van der Waals surface area (Å²) in [5, 5.41) is 6.35. The number of nitrogens with zero attached hydrogens (tertiary/aromatic N) is 5. The van der Waals surface area contributed by atoms with Gasteiger partial charge in [-0.05, 0) is 12.8 Å². The lowest BCUT2D eigenvalue weighted by Crippen LogP contribution is -2.26. The lowest BCUT2D eigenvalue weighted by Gasteiger charge is -2.22. The van der Waals surface area contributed by atoms with E-state index in [1.54, 1.807) is 24.1 Å². The van der Waals surface area contributed by atoms with Gasteiger partial charge in [-0.15, -0.1) is 0 Å². The summed E-state index contributed by atoms with van der Waals surface area (Å²) >= 11 is 0. The smallest absolute Gasteiger partial charge is 0.241 e. The van der Waals surface area contributed by atoms with Crippen molar-refractivity contribution in [1.82, 2.24) is 24.5 Å². The van der Waals surface area contributed by atoms with Crippen molar-refractivity contribution in [1.29, 1.82) is 0 Å². The second-order valence-electron chi connectivity index (χ2n) is 5.01. The Kier molecular flexibility index (Phi) is 5.08. The number of rotatable bonds is 7. The third kappa shape index (κ3) is 3.68. The summed E-state index contributed by atoms with van der Waals surface area (Å²) in [6.07, 6.45) is 7.43. The SMILES string of the molecule is CCC(CC)C(C)Nc1nc(NC)nc(-n2ccnc2)n1. The molecule has 114 valence electrons. The summed E-state index contributed by atoms with van der Waals surface area (Å²) in [5.74, 6) is 2.26. The molecule has 0 bridgehead atoms. The van der Waals surface area contributed by atoms with Crippen LogP contribution in [0.3, 0.4) is 0 Å². The molecule has 0 saturated carbocycles. The van der Waals surface area contributed by atoms with Crippen LogP contribution < -0.4 is 10.6 Å². The van der Waals surface area contributed by atoms with E-state index in [2.05, 4.69) is 51.3 Å². The molecule has 2 aromatic rings. The quantitative estimate of drug-likeness (QED) is 0.814. The zero-order chi connectivity index (χ0) is 15.2. The molecule has 21 heavy (non-hydrogen) atoms. The van der Waals surface area contributed by atoms with E-state index in [-0.39, 0.29) is 0 Å². The van der Waals surface area contributed by atoms with Crippen LogP contribution in [0, 0.1) is 5.92 Å². The summed E-state index contributed by atoms with van der Waals surface area (Å²) in [7, 11) is 1.79. The zero-order valence-electron chi connectivity index (χ0n) is 13.0. The van der Waals surface area contributed by atoms with Gasteiger partial charge in [0.05, 0.1) is 0 Å². The van der Waals surface area contributed by atoms with E-state index >= 15 is 0 Å². The molecule has 0 aliphatic heterocycles. The van der Waals surface area contributed by atoms with Gasteiger partial charge in [-0.25, -0.2) is 4.98 Å². The molecule has 2 N–H and O–H groups in total. The monoisotopic (exact) mass is 289 g/mol. The Morgan fingerprint density at radius 2 is 1.86 bits per heavy atom. The molecular formula is C14H23N7. The van der Waals surface area contributed by atoms with Crippen molar-refractivity contribution in [3.63, 3.8) is 0 Å². The average molecular weight is 289 g/mol. The normalized spacial score (nSPS) is 12.4. The number of anilines is 2. The van der Waals surface area contributed by atoms with Crippen molar-refractivity contribution in [3.8, 4) is 5.95 Å². The molecule has 0 spiro atoms. The molecule has 0 aliphatic carbocycles. The molecule has 1 atom stereocenters. The third-order valence-electron chi connectivity index (χ3n) is 3.70.